The van der Waals surface area contributed by atoms with Crippen molar-refractivity contribution in [2.75, 3.05) is 18.4 Å². The van der Waals surface area contributed by atoms with Gasteiger partial charge < -0.3 is 19.8 Å². The third-order valence-electron chi connectivity index (χ3n) is 6.07. The molecule has 1 aliphatic heterocycles. The van der Waals surface area contributed by atoms with Gasteiger partial charge in [0.1, 0.15) is 17.2 Å². The Hall–Kier alpha value is -4.35. The number of carbonyl (C=O) groups is 2. The second kappa shape index (κ2) is 8.78. The van der Waals surface area contributed by atoms with E-state index in [4.69, 9.17) is 4.52 Å². The SMILES string of the molecule is Cc1c(F)cc(-c2noc(C3CCCN(C(=O)O)C3)n2)c(F)c1NC(=O)c1cnc2ccccn12. The van der Waals surface area contributed by atoms with E-state index in [1.165, 1.54) is 22.4 Å². The summed E-state index contributed by atoms with van der Waals surface area (Å²) in [5.74, 6) is -2.78. The lowest BCUT2D eigenvalue weighted by Crippen LogP contribution is -2.38. The molecule has 2 amide bonds. The van der Waals surface area contributed by atoms with Crippen LogP contribution in [-0.2, 0) is 0 Å². The first-order valence-electron chi connectivity index (χ1n) is 10.9. The van der Waals surface area contributed by atoms with Crippen LogP contribution in [-0.4, -0.2) is 54.6 Å². The third kappa shape index (κ3) is 4.07. The van der Waals surface area contributed by atoms with Crippen LogP contribution in [0.4, 0.5) is 19.3 Å². The van der Waals surface area contributed by atoms with Crippen molar-refractivity contribution in [2.45, 2.75) is 25.7 Å². The first-order chi connectivity index (χ1) is 16.8. The molecular weight excluding hydrogens is 462 g/mol. The number of anilines is 1. The summed E-state index contributed by atoms with van der Waals surface area (Å²) in [6.45, 7) is 1.92. The number of benzene rings is 1. The molecule has 12 heteroatoms. The maximum absolute atomic E-state index is 15.5. The molecule has 2 N–H and O–H groups in total. The number of carbonyl (C=O) groups excluding carboxylic acids is 1. The number of rotatable bonds is 4. The highest BCUT2D eigenvalue weighted by Crippen LogP contribution is 2.33. The predicted octanol–water partition coefficient (Wildman–Crippen LogP) is 4.08. The number of nitrogens with one attached hydrogen (secondary N) is 1. The van der Waals surface area contributed by atoms with Crippen LogP contribution in [0.1, 0.15) is 40.7 Å². The Bertz CT molecular complexity index is 1450. The van der Waals surface area contributed by atoms with Crippen LogP contribution in [0.2, 0.25) is 0 Å². The molecular formula is C23H20F2N6O4. The molecule has 1 unspecified atom stereocenters. The fourth-order valence-electron chi connectivity index (χ4n) is 4.17. The molecule has 0 bridgehead atoms. The van der Waals surface area contributed by atoms with Crippen molar-refractivity contribution in [3.05, 3.63) is 65.4 Å². The number of likely N-dealkylation sites (tertiary alicyclic amines) is 1. The molecule has 1 atom stereocenters. The number of hydrogen-bond donors (Lipinski definition) is 2. The maximum atomic E-state index is 15.5. The van der Waals surface area contributed by atoms with Crippen LogP contribution in [0.5, 0.6) is 0 Å². The summed E-state index contributed by atoms with van der Waals surface area (Å²) in [5, 5.41) is 15.5. The Labute approximate surface area is 197 Å². The Morgan fingerprint density at radius 2 is 2.11 bits per heavy atom. The van der Waals surface area contributed by atoms with Crippen molar-refractivity contribution in [1.29, 1.82) is 0 Å². The molecule has 0 aliphatic carbocycles. The van der Waals surface area contributed by atoms with Gasteiger partial charge in [0.05, 0.1) is 23.4 Å². The molecule has 180 valence electrons. The van der Waals surface area contributed by atoms with E-state index in [0.29, 0.717) is 25.0 Å². The van der Waals surface area contributed by atoms with Crippen LogP contribution >= 0.6 is 0 Å². The minimum atomic E-state index is -1.05. The lowest BCUT2D eigenvalue weighted by Gasteiger charge is -2.28. The molecule has 35 heavy (non-hydrogen) atoms. The van der Waals surface area contributed by atoms with Crippen molar-refractivity contribution in [2.24, 2.45) is 0 Å². The van der Waals surface area contributed by atoms with E-state index in [2.05, 4.69) is 20.4 Å². The predicted molar refractivity (Wildman–Crippen MR) is 119 cm³/mol. The number of carboxylic acid groups (broad SMARTS) is 1. The van der Waals surface area contributed by atoms with E-state index in [-0.39, 0.29) is 46.7 Å². The number of aromatic nitrogens is 4. The minimum absolute atomic E-state index is 0.0958. The molecule has 0 spiro atoms. The average Bonchev–Trinajstić information content (AvgIpc) is 3.52. The van der Waals surface area contributed by atoms with Gasteiger partial charge in [0, 0.05) is 24.8 Å². The number of amides is 2. The highest BCUT2D eigenvalue weighted by molar-refractivity contribution is 6.04. The van der Waals surface area contributed by atoms with Crippen molar-refractivity contribution < 1.29 is 28.0 Å². The van der Waals surface area contributed by atoms with E-state index < -0.39 is 23.6 Å². The maximum Gasteiger partial charge on any atom is 0.407 e. The van der Waals surface area contributed by atoms with Gasteiger partial charge in [-0.2, -0.15) is 4.98 Å². The van der Waals surface area contributed by atoms with Crippen LogP contribution in [0.15, 0.2) is 41.2 Å². The third-order valence-corrected chi connectivity index (χ3v) is 6.07. The van der Waals surface area contributed by atoms with E-state index in [0.717, 1.165) is 6.07 Å². The van der Waals surface area contributed by atoms with E-state index in [9.17, 15) is 19.1 Å². The molecule has 4 aromatic rings. The summed E-state index contributed by atoms with van der Waals surface area (Å²) >= 11 is 0. The highest BCUT2D eigenvalue weighted by Gasteiger charge is 2.30. The summed E-state index contributed by atoms with van der Waals surface area (Å²) < 4.78 is 37.1. The zero-order valence-electron chi connectivity index (χ0n) is 18.5. The number of halogens is 2. The number of fused-ring (bicyclic) bond motifs is 1. The second-order valence-electron chi connectivity index (χ2n) is 8.27. The fourth-order valence-corrected chi connectivity index (χ4v) is 4.17. The lowest BCUT2D eigenvalue weighted by atomic mass is 9.98. The zero-order valence-corrected chi connectivity index (χ0v) is 18.5. The van der Waals surface area contributed by atoms with Gasteiger partial charge >= 0.3 is 6.09 Å². The van der Waals surface area contributed by atoms with Gasteiger partial charge in [-0.05, 0) is 38.0 Å². The summed E-state index contributed by atoms with van der Waals surface area (Å²) in [7, 11) is 0. The molecule has 1 aromatic carbocycles. The summed E-state index contributed by atoms with van der Waals surface area (Å²) in [4.78, 5) is 33.8. The topological polar surface area (TPSA) is 126 Å². The Kier molecular flexibility index (Phi) is 5.63. The van der Waals surface area contributed by atoms with Gasteiger partial charge in [0.2, 0.25) is 11.7 Å². The van der Waals surface area contributed by atoms with Crippen LogP contribution in [0.25, 0.3) is 17.0 Å². The van der Waals surface area contributed by atoms with Crippen LogP contribution < -0.4 is 5.32 Å². The summed E-state index contributed by atoms with van der Waals surface area (Å²) in [6.07, 6.45) is 3.16. The normalized spacial score (nSPS) is 16.0. The molecule has 5 rings (SSSR count). The Balaban J connectivity index is 1.45. The Morgan fingerprint density at radius 1 is 1.29 bits per heavy atom. The largest absolute Gasteiger partial charge is 0.465 e. The van der Waals surface area contributed by atoms with Crippen LogP contribution in [0, 0.1) is 18.6 Å². The Morgan fingerprint density at radius 3 is 2.91 bits per heavy atom. The van der Waals surface area contributed by atoms with Crippen LogP contribution in [0.3, 0.4) is 0 Å². The van der Waals surface area contributed by atoms with Crippen molar-refractivity contribution in [1.82, 2.24) is 24.4 Å². The van der Waals surface area contributed by atoms with Gasteiger partial charge in [-0.25, -0.2) is 18.6 Å². The average molecular weight is 482 g/mol. The van der Waals surface area contributed by atoms with Crippen molar-refractivity contribution in [3.63, 3.8) is 0 Å². The standard InChI is InChI=1S/C23H20F2N6O4/c1-12-15(24)9-14(20-28-22(35-29-20)13-5-4-7-30(11-13)23(33)34)18(25)19(12)27-21(32)16-10-26-17-6-2-3-8-31(16)17/h2-3,6,8-10,13H,4-5,7,11H2,1H3,(H,27,32)(H,33,34). The summed E-state index contributed by atoms with van der Waals surface area (Å²) in [6, 6.07) is 6.12. The first-order valence-corrected chi connectivity index (χ1v) is 10.9. The van der Waals surface area contributed by atoms with Gasteiger partial charge in [-0.15, -0.1) is 0 Å². The highest BCUT2D eigenvalue weighted by atomic mass is 19.1. The molecule has 1 fully saturated rings. The molecule has 0 radical (unpaired) electrons. The quantitative estimate of drug-likeness (QED) is 0.449. The molecule has 3 aromatic heterocycles. The van der Waals surface area contributed by atoms with E-state index >= 15 is 4.39 Å². The molecule has 4 heterocycles. The van der Waals surface area contributed by atoms with E-state index in [1.54, 1.807) is 24.4 Å². The summed E-state index contributed by atoms with van der Waals surface area (Å²) in [5.41, 5.74) is -0.0634. The minimum Gasteiger partial charge on any atom is -0.465 e. The number of imidazole rings is 1. The van der Waals surface area contributed by atoms with Gasteiger partial charge in [-0.3, -0.25) is 9.20 Å². The molecule has 1 saturated heterocycles. The monoisotopic (exact) mass is 482 g/mol. The molecule has 0 saturated carbocycles. The number of piperidine rings is 1. The molecule has 10 nitrogen and oxygen atoms in total. The van der Waals surface area contributed by atoms with Crippen molar-refractivity contribution >= 4 is 23.3 Å². The van der Waals surface area contributed by atoms with Crippen molar-refractivity contribution in [3.8, 4) is 11.4 Å². The fraction of sp³-hybridized carbons (Fsp3) is 0.261. The number of pyridine rings is 1. The van der Waals surface area contributed by atoms with Gasteiger partial charge in [-0.1, -0.05) is 11.2 Å². The van der Waals surface area contributed by atoms with E-state index in [1.807, 2.05) is 0 Å². The first kappa shape index (κ1) is 22.4. The zero-order chi connectivity index (χ0) is 24.7. The van der Waals surface area contributed by atoms with Gasteiger partial charge in [0.25, 0.3) is 5.91 Å². The molecule has 1 aliphatic rings. The van der Waals surface area contributed by atoms with Gasteiger partial charge in [0.15, 0.2) is 5.82 Å². The lowest BCUT2D eigenvalue weighted by molar-refractivity contribution is 0.102. The smallest absolute Gasteiger partial charge is 0.407 e. The second-order valence-corrected chi connectivity index (χ2v) is 8.27. The number of nitrogens with zero attached hydrogens (tertiary/aromatic N) is 5. The number of hydrogen-bond acceptors (Lipinski definition) is 6.